The van der Waals surface area contributed by atoms with Gasteiger partial charge in [0.2, 0.25) is 0 Å². The molecule has 0 saturated carbocycles. The van der Waals surface area contributed by atoms with Crippen molar-refractivity contribution in [1.82, 2.24) is 4.98 Å². The van der Waals surface area contributed by atoms with Crippen molar-refractivity contribution < 1.29 is 9.53 Å². The summed E-state index contributed by atoms with van der Waals surface area (Å²) in [6.45, 7) is 8.57. The second-order valence-electron chi connectivity index (χ2n) is 6.77. The van der Waals surface area contributed by atoms with Crippen LogP contribution in [0.15, 0.2) is 54.9 Å². The number of hydrogen-bond donors (Lipinski definition) is 1. The molecule has 0 radical (unpaired) electrons. The molecule has 4 heteroatoms. The minimum atomic E-state index is -0.129. The van der Waals surface area contributed by atoms with E-state index in [9.17, 15) is 4.79 Å². The van der Waals surface area contributed by atoms with Gasteiger partial charge < -0.3 is 10.1 Å². The maximum atomic E-state index is 12.5. The van der Waals surface area contributed by atoms with Gasteiger partial charge >= 0.3 is 0 Å². The summed E-state index contributed by atoms with van der Waals surface area (Å²) in [5, 5.41) is 2.97. The van der Waals surface area contributed by atoms with Crippen LogP contribution in [0.1, 0.15) is 38.2 Å². The fourth-order valence-electron chi connectivity index (χ4n) is 2.89. The van der Waals surface area contributed by atoms with E-state index in [1.165, 1.54) is 0 Å². The Morgan fingerprint density at radius 3 is 2.26 bits per heavy atom. The van der Waals surface area contributed by atoms with Crippen LogP contribution in [0.2, 0.25) is 0 Å². The molecule has 0 atom stereocenters. The van der Waals surface area contributed by atoms with Crippen molar-refractivity contribution in [3.8, 4) is 5.75 Å². The average molecular weight is 360 g/mol. The number of aryl methyl sites for hydroxylation is 3. The average Bonchev–Trinajstić information content (AvgIpc) is 2.65. The number of hydrogen-bond acceptors (Lipinski definition) is 3. The van der Waals surface area contributed by atoms with Gasteiger partial charge in [-0.15, -0.1) is 0 Å². The van der Waals surface area contributed by atoms with E-state index in [2.05, 4.69) is 10.3 Å². The van der Waals surface area contributed by atoms with Crippen LogP contribution in [0.5, 0.6) is 5.75 Å². The number of nitrogens with one attached hydrogen (secondary N) is 1. The molecule has 1 heterocycles. The lowest BCUT2D eigenvalue weighted by molar-refractivity contribution is 0.102. The van der Waals surface area contributed by atoms with Gasteiger partial charge in [0.15, 0.2) is 0 Å². The van der Waals surface area contributed by atoms with Crippen molar-refractivity contribution in [2.45, 2.75) is 34.3 Å². The Kier molecular flexibility index (Phi) is 5.55. The zero-order chi connectivity index (χ0) is 19.4. The number of carbonyl (C=O) groups is 1. The number of carbonyl (C=O) groups excluding carboxylic acids is 1. The van der Waals surface area contributed by atoms with Gasteiger partial charge in [0, 0.05) is 23.6 Å². The van der Waals surface area contributed by atoms with Crippen molar-refractivity contribution in [3.63, 3.8) is 0 Å². The highest BCUT2D eigenvalue weighted by molar-refractivity contribution is 6.04. The molecular weight excluding hydrogens is 336 g/mol. The second-order valence-corrected chi connectivity index (χ2v) is 6.77. The molecule has 4 nitrogen and oxygen atoms in total. The van der Waals surface area contributed by atoms with E-state index in [1.54, 1.807) is 12.1 Å². The third-order valence-corrected chi connectivity index (χ3v) is 4.84. The summed E-state index contributed by atoms with van der Waals surface area (Å²) in [6.07, 6.45) is 3.68. The van der Waals surface area contributed by atoms with E-state index in [4.69, 9.17) is 4.74 Å². The van der Waals surface area contributed by atoms with E-state index in [0.717, 1.165) is 39.3 Å². The van der Waals surface area contributed by atoms with Gasteiger partial charge in [0.1, 0.15) is 12.4 Å². The molecule has 0 aliphatic carbocycles. The van der Waals surface area contributed by atoms with Gasteiger partial charge in [-0.05, 0) is 85.8 Å². The minimum absolute atomic E-state index is 0.129. The Hall–Kier alpha value is -3.14. The number of rotatable bonds is 5. The van der Waals surface area contributed by atoms with Crippen LogP contribution in [0, 0.1) is 27.7 Å². The highest BCUT2D eigenvalue weighted by Gasteiger charge is 2.09. The van der Waals surface area contributed by atoms with Crippen molar-refractivity contribution >= 4 is 11.6 Å². The number of nitrogens with zero attached hydrogens (tertiary/aromatic N) is 1. The summed E-state index contributed by atoms with van der Waals surface area (Å²) < 4.78 is 5.88. The van der Waals surface area contributed by atoms with E-state index in [-0.39, 0.29) is 5.91 Å². The molecule has 138 valence electrons. The summed E-state index contributed by atoms with van der Waals surface area (Å²) >= 11 is 0. The lowest BCUT2D eigenvalue weighted by atomic mass is 10.1. The summed E-state index contributed by atoms with van der Waals surface area (Å²) in [4.78, 5) is 16.7. The van der Waals surface area contributed by atoms with Crippen LogP contribution in [0.3, 0.4) is 0 Å². The van der Waals surface area contributed by atoms with Gasteiger partial charge in [-0.3, -0.25) is 9.78 Å². The van der Waals surface area contributed by atoms with Crippen LogP contribution in [-0.2, 0) is 6.61 Å². The van der Waals surface area contributed by atoms with Crippen molar-refractivity contribution in [2.24, 2.45) is 0 Å². The topological polar surface area (TPSA) is 51.2 Å². The number of benzene rings is 2. The largest absolute Gasteiger partial charge is 0.489 e. The maximum Gasteiger partial charge on any atom is 0.255 e. The van der Waals surface area contributed by atoms with Crippen molar-refractivity contribution in [1.29, 1.82) is 0 Å². The smallest absolute Gasteiger partial charge is 0.255 e. The third-order valence-electron chi connectivity index (χ3n) is 4.84. The molecule has 27 heavy (non-hydrogen) atoms. The summed E-state index contributed by atoms with van der Waals surface area (Å²) in [6, 6.07) is 13.1. The van der Waals surface area contributed by atoms with E-state index in [0.29, 0.717) is 12.2 Å². The van der Waals surface area contributed by atoms with E-state index >= 15 is 0 Å². The first kappa shape index (κ1) is 18.6. The fraction of sp³-hybridized carbons (Fsp3) is 0.217. The van der Waals surface area contributed by atoms with E-state index < -0.39 is 0 Å². The summed E-state index contributed by atoms with van der Waals surface area (Å²) in [5.74, 6) is 0.602. The van der Waals surface area contributed by atoms with Crippen LogP contribution in [0.25, 0.3) is 0 Å². The van der Waals surface area contributed by atoms with Gasteiger partial charge in [-0.2, -0.15) is 0 Å². The summed E-state index contributed by atoms with van der Waals surface area (Å²) in [7, 11) is 0. The Balaban J connectivity index is 1.66. The number of aromatic nitrogens is 1. The Labute approximate surface area is 160 Å². The van der Waals surface area contributed by atoms with E-state index in [1.807, 2.05) is 70.4 Å². The predicted molar refractivity (Wildman–Crippen MR) is 108 cm³/mol. The molecule has 0 bridgehead atoms. The summed E-state index contributed by atoms with van der Waals surface area (Å²) in [5.41, 5.74) is 7.02. The van der Waals surface area contributed by atoms with Gasteiger partial charge in [0.05, 0.1) is 0 Å². The second kappa shape index (κ2) is 8.04. The molecule has 0 spiro atoms. The molecule has 3 aromatic rings. The highest BCUT2D eigenvalue weighted by atomic mass is 16.5. The molecule has 0 aliphatic rings. The lowest BCUT2D eigenvalue weighted by Crippen LogP contribution is -2.13. The fourth-order valence-corrected chi connectivity index (χ4v) is 2.89. The molecule has 0 unspecified atom stereocenters. The maximum absolute atomic E-state index is 12.5. The molecule has 0 saturated heterocycles. The SMILES string of the molecule is Cc1cccc(NC(=O)c2ccc(OCc3c(C)cncc3C)cc2)c1C. The Morgan fingerprint density at radius 2 is 1.59 bits per heavy atom. The number of pyridine rings is 1. The number of amides is 1. The molecule has 1 N–H and O–H groups in total. The molecule has 0 aliphatic heterocycles. The third kappa shape index (κ3) is 4.34. The zero-order valence-electron chi connectivity index (χ0n) is 16.2. The Bertz CT molecular complexity index is 942. The first-order valence-electron chi connectivity index (χ1n) is 8.96. The Morgan fingerprint density at radius 1 is 0.926 bits per heavy atom. The zero-order valence-corrected chi connectivity index (χ0v) is 16.2. The van der Waals surface area contributed by atoms with Gasteiger partial charge in [-0.1, -0.05) is 12.1 Å². The van der Waals surface area contributed by atoms with Gasteiger partial charge in [0.25, 0.3) is 5.91 Å². The van der Waals surface area contributed by atoms with Crippen LogP contribution >= 0.6 is 0 Å². The predicted octanol–water partition coefficient (Wildman–Crippen LogP) is 5.15. The molecule has 0 fully saturated rings. The monoisotopic (exact) mass is 360 g/mol. The van der Waals surface area contributed by atoms with Crippen LogP contribution in [-0.4, -0.2) is 10.9 Å². The normalized spacial score (nSPS) is 10.5. The van der Waals surface area contributed by atoms with Crippen molar-refractivity contribution in [3.05, 3.63) is 88.2 Å². The van der Waals surface area contributed by atoms with Crippen LogP contribution in [0.4, 0.5) is 5.69 Å². The molecule has 1 amide bonds. The minimum Gasteiger partial charge on any atom is -0.489 e. The number of ether oxygens (including phenoxy) is 1. The quantitative estimate of drug-likeness (QED) is 0.685. The van der Waals surface area contributed by atoms with Crippen molar-refractivity contribution in [2.75, 3.05) is 5.32 Å². The molecule has 2 aromatic carbocycles. The standard InChI is InChI=1S/C23H24N2O2/c1-15-6-5-7-22(18(15)4)25-23(26)19-8-10-20(11-9-19)27-14-21-16(2)12-24-13-17(21)3/h5-13H,14H2,1-4H3,(H,25,26). The first-order chi connectivity index (χ1) is 13.0. The molecule has 1 aromatic heterocycles. The molecule has 3 rings (SSSR count). The first-order valence-corrected chi connectivity index (χ1v) is 8.96. The highest BCUT2D eigenvalue weighted by Crippen LogP contribution is 2.21. The van der Waals surface area contributed by atoms with Crippen LogP contribution < -0.4 is 10.1 Å². The number of anilines is 1. The lowest BCUT2D eigenvalue weighted by Gasteiger charge is -2.12. The van der Waals surface area contributed by atoms with Gasteiger partial charge in [-0.25, -0.2) is 0 Å². The molecular formula is C23H24N2O2.